The van der Waals surface area contributed by atoms with Crippen LogP contribution in [-0.2, 0) is 14.3 Å². The Morgan fingerprint density at radius 1 is 1.07 bits per heavy atom. The topological polar surface area (TPSA) is 35.5 Å². The summed E-state index contributed by atoms with van der Waals surface area (Å²) in [5.74, 6) is 3.11. The third-order valence-corrected chi connectivity index (χ3v) is 8.98. The van der Waals surface area contributed by atoms with Crippen LogP contribution in [0.4, 0.5) is 0 Å². The first-order valence-electron chi connectivity index (χ1n) is 11.4. The van der Waals surface area contributed by atoms with Crippen LogP contribution in [-0.4, -0.2) is 24.8 Å². The minimum Gasteiger partial charge on any atom is -0.349 e. The molecule has 150 valence electrons. The molecular weight excluding hydrogens is 336 g/mol. The number of Topliss-reactive ketones (excluding diaryl/α,β-unsaturated/α-hetero) is 1. The van der Waals surface area contributed by atoms with Gasteiger partial charge < -0.3 is 9.47 Å². The Bertz CT molecular complexity index is 653. The second-order valence-electron chi connectivity index (χ2n) is 10.9. The average Bonchev–Trinajstić information content (AvgIpc) is 3.01. The third kappa shape index (κ3) is 2.71. The fourth-order valence-corrected chi connectivity index (χ4v) is 7.45. The van der Waals surface area contributed by atoms with Crippen molar-refractivity contribution >= 4 is 5.78 Å². The predicted molar refractivity (Wildman–Crippen MR) is 105 cm³/mol. The van der Waals surface area contributed by atoms with Crippen molar-refractivity contribution in [1.82, 2.24) is 0 Å². The standard InChI is InChI=1S/C24H36O3/c1-4-23-11-9-18-17-10-12-24(26-14-22(2,3)15-27-24)13-16(17)5-6-19(18)20(23)7-8-21(23)25/h5,17-20H,4,6-15H2,1-3H3/t17?,18-,19-,20+,23+/m1/s1. The van der Waals surface area contributed by atoms with Gasteiger partial charge in [0.05, 0.1) is 13.2 Å². The number of ether oxygens (including phenoxy) is 2. The molecule has 0 amide bonds. The van der Waals surface area contributed by atoms with Gasteiger partial charge >= 0.3 is 0 Å². The number of allylic oxidation sites excluding steroid dienone is 1. The fraction of sp³-hybridized carbons (Fsp3) is 0.875. The molecule has 27 heavy (non-hydrogen) atoms. The molecule has 0 radical (unpaired) electrons. The maximum atomic E-state index is 12.7. The van der Waals surface area contributed by atoms with Gasteiger partial charge in [0.1, 0.15) is 5.78 Å². The summed E-state index contributed by atoms with van der Waals surface area (Å²) in [5, 5.41) is 0. The Labute approximate surface area is 164 Å². The molecule has 3 saturated carbocycles. The van der Waals surface area contributed by atoms with Gasteiger partial charge in [-0.2, -0.15) is 0 Å². The smallest absolute Gasteiger partial charge is 0.172 e. The Morgan fingerprint density at radius 3 is 2.59 bits per heavy atom. The quantitative estimate of drug-likeness (QED) is 0.587. The first-order chi connectivity index (χ1) is 12.9. The lowest BCUT2D eigenvalue weighted by atomic mass is 9.51. The summed E-state index contributed by atoms with van der Waals surface area (Å²) >= 11 is 0. The molecule has 1 saturated heterocycles. The molecule has 5 rings (SSSR count). The van der Waals surface area contributed by atoms with E-state index in [2.05, 4.69) is 26.8 Å². The summed E-state index contributed by atoms with van der Waals surface area (Å²) in [7, 11) is 0. The second kappa shape index (κ2) is 6.16. The van der Waals surface area contributed by atoms with Gasteiger partial charge in [-0.25, -0.2) is 0 Å². The first-order valence-corrected chi connectivity index (χ1v) is 11.4. The van der Waals surface area contributed by atoms with Crippen LogP contribution in [0.5, 0.6) is 0 Å². The van der Waals surface area contributed by atoms with Gasteiger partial charge in [-0.3, -0.25) is 4.79 Å². The lowest BCUT2D eigenvalue weighted by Crippen LogP contribution is -2.52. The molecule has 0 bridgehead atoms. The van der Waals surface area contributed by atoms with Crippen LogP contribution in [0.15, 0.2) is 11.6 Å². The molecule has 1 unspecified atom stereocenters. The van der Waals surface area contributed by atoms with E-state index in [9.17, 15) is 4.79 Å². The largest absolute Gasteiger partial charge is 0.349 e. The van der Waals surface area contributed by atoms with Crippen LogP contribution in [0.1, 0.15) is 78.6 Å². The van der Waals surface area contributed by atoms with Crippen molar-refractivity contribution < 1.29 is 14.3 Å². The Hall–Kier alpha value is -0.670. The molecule has 5 atom stereocenters. The van der Waals surface area contributed by atoms with Crippen LogP contribution < -0.4 is 0 Å². The molecule has 0 aromatic heterocycles. The third-order valence-electron chi connectivity index (χ3n) is 8.98. The lowest BCUT2D eigenvalue weighted by Gasteiger charge is -2.55. The van der Waals surface area contributed by atoms with Crippen LogP contribution in [0.3, 0.4) is 0 Å². The molecular formula is C24H36O3. The van der Waals surface area contributed by atoms with Crippen molar-refractivity contribution in [1.29, 1.82) is 0 Å². The monoisotopic (exact) mass is 372 g/mol. The fourth-order valence-electron chi connectivity index (χ4n) is 7.45. The Balaban J connectivity index is 1.36. The van der Waals surface area contributed by atoms with Crippen molar-refractivity contribution in [3.05, 3.63) is 11.6 Å². The van der Waals surface area contributed by atoms with Gasteiger partial charge in [0.25, 0.3) is 0 Å². The van der Waals surface area contributed by atoms with Gasteiger partial charge in [-0.05, 0) is 62.2 Å². The lowest BCUT2D eigenvalue weighted by molar-refractivity contribution is -0.307. The number of rotatable bonds is 1. The van der Waals surface area contributed by atoms with Crippen molar-refractivity contribution in [2.45, 2.75) is 84.3 Å². The predicted octanol–water partition coefficient (Wildman–Crippen LogP) is 5.29. The zero-order valence-corrected chi connectivity index (χ0v) is 17.4. The molecule has 1 heterocycles. The number of fused-ring (bicyclic) bond motifs is 5. The molecule has 0 N–H and O–H groups in total. The van der Waals surface area contributed by atoms with Gasteiger partial charge in [0.15, 0.2) is 5.79 Å². The minimum atomic E-state index is -0.351. The highest BCUT2D eigenvalue weighted by Crippen LogP contribution is 2.62. The molecule has 1 spiro atoms. The second-order valence-corrected chi connectivity index (χ2v) is 10.9. The van der Waals surface area contributed by atoms with E-state index in [1.165, 1.54) is 19.3 Å². The summed E-state index contributed by atoms with van der Waals surface area (Å²) in [6, 6.07) is 0. The molecule has 4 aliphatic carbocycles. The van der Waals surface area contributed by atoms with E-state index in [4.69, 9.17) is 9.47 Å². The number of hydrogen-bond donors (Lipinski definition) is 0. The summed E-state index contributed by atoms with van der Waals surface area (Å²) in [6.07, 6.45) is 12.4. The summed E-state index contributed by atoms with van der Waals surface area (Å²) < 4.78 is 12.6. The summed E-state index contributed by atoms with van der Waals surface area (Å²) in [6.45, 7) is 8.31. The van der Waals surface area contributed by atoms with Crippen molar-refractivity contribution in [2.24, 2.45) is 34.5 Å². The first kappa shape index (κ1) is 18.4. The highest BCUT2D eigenvalue weighted by molar-refractivity contribution is 5.87. The van der Waals surface area contributed by atoms with Crippen molar-refractivity contribution in [2.75, 3.05) is 13.2 Å². The van der Waals surface area contributed by atoms with E-state index in [0.29, 0.717) is 17.6 Å². The Kier molecular flexibility index (Phi) is 4.19. The molecule has 3 nitrogen and oxygen atoms in total. The van der Waals surface area contributed by atoms with Crippen LogP contribution >= 0.6 is 0 Å². The van der Waals surface area contributed by atoms with Crippen LogP contribution in [0.25, 0.3) is 0 Å². The van der Waals surface area contributed by atoms with Gasteiger partial charge in [-0.15, -0.1) is 0 Å². The maximum absolute atomic E-state index is 12.7. The maximum Gasteiger partial charge on any atom is 0.172 e. The number of carbonyl (C=O) groups is 1. The molecule has 1 aliphatic heterocycles. The molecule has 5 aliphatic rings. The number of carbonyl (C=O) groups excluding carboxylic acids is 1. The SMILES string of the molecule is CC[C@]12CC[C@@H]3C4CCC5(CC4=CC[C@H]3[C@@H]1CCC2=O)OCC(C)(C)CO5. The molecule has 0 aromatic rings. The van der Waals surface area contributed by atoms with E-state index in [1.54, 1.807) is 5.57 Å². The number of ketones is 1. The van der Waals surface area contributed by atoms with Gasteiger partial charge in [0, 0.05) is 30.1 Å². The van der Waals surface area contributed by atoms with E-state index in [-0.39, 0.29) is 16.6 Å². The van der Waals surface area contributed by atoms with Crippen molar-refractivity contribution in [3.63, 3.8) is 0 Å². The van der Waals surface area contributed by atoms with Gasteiger partial charge in [0.2, 0.25) is 0 Å². The molecule has 0 aromatic carbocycles. The number of hydrogen-bond acceptors (Lipinski definition) is 3. The highest BCUT2D eigenvalue weighted by atomic mass is 16.7. The minimum absolute atomic E-state index is 0.0313. The van der Waals surface area contributed by atoms with E-state index in [0.717, 1.165) is 63.6 Å². The zero-order chi connectivity index (χ0) is 18.9. The summed E-state index contributed by atoms with van der Waals surface area (Å²) in [5.41, 5.74) is 1.77. The van der Waals surface area contributed by atoms with E-state index < -0.39 is 0 Å². The summed E-state index contributed by atoms with van der Waals surface area (Å²) in [4.78, 5) is 12.7. The van der Waals surface area contributed by atoms with Crippen molar-refractivity contribution in [3.8, 4) is 0 Å². The van der Waals surface area contributed by atoms with Crippen LogP contribution in [0, 0.1) is 34.5 Å². The highest BCUT2D eigenvalue weighted by Gasteiger charge is 2.58. The van der Waals surface area contributed by atoms with E-state index in [1.807, 2.05) is 0 Å². The Morgan fingerprint density at radius 2 is 1.85 bits per heavy atom. The van der Waals surface area contributed by atoms with E-state index >= 15 is 0 Å². The molecule has 4 fully saturated rings. The van der Waals surface area contributed by atoms with Crippen LogP contribution in [0.2, 0.25) is 0 Å². The normalized spacial score (nSPS) is 45.0. The molecule has 3 heteroatoms. The average molecular weight is 373 g/mol. The zero-order valence-electron chi connectivity index (χ0n) is 17.4. The van der Waals surface area contributed by atoms with Gasteiger partial charge in [-0.1, -0.05) is 32.4 Å².